The first-order valence-electron chi connectivity index (χ1n) is 16.3. The first-order chi connectivity index (χ1) is 23.8. The van der Waals surface area contributed by atoms with Gasteiger partial charge in [-0.15, -0.1) is 6.58 Å². The molecule has 0 spiro atoms. The largest absolute Gasteiger partial charge is 0.496 e. The summed E-state index contributed by atoms with van der Waals surface area (Å²) in [5.41, 5.74) is 4.60. The van der Waals surface area contributed by atoms with Crippen LogP contribution in [0.3, 0.4) is 0 Å². The van der Waals surface area contributed by atoms with E-state index in [1.807, 2.05) is 47.0 Å². The Morgan fingerprint density at radius 3 is 2.61 bits per heavy atom. The Morgan fingerprint density at radius 2 is 1.90 bits per heavy atom. The van der Waals surface area contributed by atoms with Gasteiger partial charge in [0.2, 0.25) is 5.78 Å². The van der Waals surface area contributed by atoms with Crippen LogP contribution in [0.25, 0.3) is 22.3 Å². The Morgan fingerprint density at radius 1 is 1.10 bits per heavy atom. The number of piperidine rings is 1. The molecule has 1 amide bonds. The highest BCUT2D eigenvalue weighted by Gasteiger charge is 2.30. The maximum Gasteiger partial charge on any atom is 0.257 e. The molecule has 49 heavy (non-hydrogen) atoms. The molecular weight excluding hydrogens is 661 g/mol. The number of rotatable bonds is 13. The van der Waals surface area contributed by atoms with Gasteiger partial charge < -0.3 is 19.1 Å². The van der Waals surface area contributed by atoms with Gasteiger partial charge in [-0.25, -0.2) is 4.98 Å². The van der Waals surface area contributed by atoms with Crippen LogP contribution in [0.1, 0.15) is 51.7 Å². The molecule has 12 heteroatoms. The van der Waals surface area contributed by atoms with E-state index < -0.39 is 0 Å². The van der Waals surface area contributed by atoms with Crippen LogP contribution in [0.5, 0.6) is 5.75 Å². The Kier molecular flexibility index (Phi) is 10.8. The number of imidazole rings is 1. The lowest BCUT2D eigenvalue weighted by atomic mass is 9.90. The zero-order chi connectivity index (χ0) is 34.5. The molecule has 1 fully saturated rings. The maximum atomic E-state index is 13.9. The average Bonchev–Trinajstić information content (AvgIpc) is 3.80. The van der Waals surface area contributed by atoms with Gasteiger partial charge in [0.05, 0.1) is 39.9 Å². The second kappa shape index (κ2) is 15.4. The zero-order valence-electron chi connectivity index (χ0n) is 27.6. The number of ether oxygens (including phenoxy) is 1. The van der Waals surface area contributed by atoms with Crippen molar-refractivity contribution < 1.29 is 14.3 Å². The molecule has 10 nitrogen and oxygen atoms in total. The first-order valence-corrected chi connectivity index (χ1v) is 17.1. The van der Waals surface area contributed by atoms with Gasteiger partial charge in [-0.2, -0.15) is 15.4 Å². The standard InChI is InChI=1S/C37H39Cl2N7O3/c1-4-16-46-33-8-6-5-7-31(33)41-36(46)35(47)24-13-17-45(18-14-24)19-15-27(25-9-11-29(38)30(39)21-25)23-44(2)37(48)28-20-26(10-12-34(28)49-3)32-22-40-43-42-32/h4-12,20-22,24,27H,1,13-19,23H2,2-3H3,(H,40,42,43). The van der Waals surface area contributed by atoms with E-state index in [4.69, 9.17) is 32.9 Å². The smallest absolute Gasteiger partial charge is 0.257 e. The van der Waals surface area contributed by atoms with Gasteiger partial charge in [-0.3, -0.25) is 9.59 Å². The van der Waals surface area contributed by atoms with Crippen molar-refractivity contribution >= 4 is 45.9 Å². The number of H-pyrrole nitrogens is 1. The van der Waals surface area contributed by atoms with Crippen LogP contribution in [-0.4, -0.2) is 86.8 Å². The number of nitrogens with zero attached hydrogens (tertiary/aromatic N) is 6. The minimum absolute atomic E-state index is 0.0217. The van der Waals surface area contributed by atoms with Crippen molar-refractivity contribution in [1.82, 2.24) is 34.8 Å². The molecule has 1 aliphatic rings. The Labute approximate surface area is 295 Å². The third kappa shape index (κ3) is 7.56. The molecule has 254 valence electrons. The molecule has 6 rings (SSSR count). The van der Waals surface area contributed by atoms with Crippen LogP contribution in [-0.2, 0) is 6.54 Å². The summed E-state index contributed by atoms with van der Waals surface area (Å²) in [6.07, 6.45) is 5.70. The number of para-hydroxylation sites is 2. The summed E-state index contributed by atoms with van der Waals surface area (Å²) in [7, 11) is 3.35. The monoisotopic (exact) mass is 699 g/mol. The fourth-order valence-electron chi connectivity index (χ4n) is 6.64. The number of likely N-dealkylation sites (tertiary alicyclic amines) is 1. The van der Waals surface area contributed by atoms with Gasteiger partial charge in [0.25, 0.3) is 5.91 Å². The number of nitrogens with one attached hydrogen (secondary N) is 1. The number of allylic oxidation sites excluding steroid dienone is 1. The van der Waals surface area contributed by atoms with Crippen molar-refractivity contribution in [3.63, 3.8) is 0 Å². The third-order valence-corrected chi connectivity index (χ3v) is 10.1. The number of aromatic nitrogens is 5. The minimum atomic E-state index is -0.172. The normalized spacial score (nSPS) is 14.5. The molecule has 3 aromatic carbocycles. The van der Waals surface area contributed by atoms with E-state index in [1.165, 1.54) is 0 Å². The van der Waals surface area contributed by atoms with Crippen LogP contribution in [0.2, 0.25) is 10.0 Å². The van der Waals surface area contributed by atoms with E-state index in [0.29, 0.717) is 46.0 Å². The molecule has 0 bridgehead atoms. The third-order valence-electron chi connectivity index (χ3n) is 9.34. The molecule has 1 aliphatic heterocycles. The molecule has 5 aromatic rings. The molecule has 1 N–H and O–H groups in total. The summed E-state index contributed by atoms with van der Waals surface area (Å²) in [4.78, 5) is 36.4. The molecule has 1 atom stereocenters. The van der Waals surface area contributed by atoms with E-state index in [2.05, 4.69) is 26.9 Å². The second-order valence-electron chi connectivity index (χ2n) is 12.4. The molecule has 1 saturated heterocycles. The number of likely N-dealkylation sites (N-methyl/N-ethyl adjacent to an activating group) is 1. The molecule has 3 heterocycles. The number of halogens is 2. The highest BCUT2D eigenvalue weighted by molar-refractivity contribution is 6.42. The number of Topliss-reactive ketones (excluding diaryl/α,β-unsaturated/α-hetero) is 1. The lowest BCUT2D eigenvalue weighted by molar-refractivity contribution is 0.0776. The van der Waals surface area contributed by atoms with Crippen LogP contribution in [0.15, 0.2) is 79.5 Å². The number of hydrogen-bond donors (Lipinski definition) is 1. The fourth-order valence-corrected chi connectivity index (χ4v) is 6.95. The minimum Gasteiger partial charge on any atom is -0.496 e. The molecular formula is C37H39Cl2N7O3. The number of methoxy groups -OCH3 is 1. The van der Waals surface area contributed by atoms with E-state index in [1.54, 1.807) is 49.5 Å². The summed E-state index contributed by atoms with van der Waals surface area (Å²) < 4.78 is 7.53. The van der Waals surface area contributed by atoms with Crippen molar-refractivity contribution in [3.8, 4) is 17.0 Å². The predicted octanol–water partition coefficient (Wildman–Crippen LogP) is 7.16. The molecule has 0 radical (unpaired) electrons. The quantitative estimate of drug-likeness (QED) is 0.103. The molecule has 0 saturated carbocycles. The molecule has 0 aliphatic carbocycles. The van der Waals surface area contributed by atoms with Gasteiger partial charge in [-0.1, -0.05) is 47.5 Å². The summed E-state index contributed by atoms with van der Waals surface area (Å²) in [6.45, 7) is 7.26. The number of hydrogen-bond acceptors (Lipinski definition) is 7. The topological polar surface area (TPSA) is 109 Å². The number of fused-ring (bicyclic) bond motifs is 1. The van der Waals surface area contributed by atoms with Crippen molar-refractivity contribution in [2.24, 2.45) is 5.92 Å². The van der Waals surface area contributed by atoms with E-state index in [9.17, 15) is 9.59 Å². The molecule has 1 unspecified atom stereocenters. The fraction of sp³-hybridized carbons (Fsp3) is 0.324. The van der Waals surface area contributed by atoms with Crippen molar-refractivity contribution in [2.75, 3.05) is 40.3 Å². The van der Waals surface area contributed by atoms with Gasteiger partial charge in [0.15, 0.2) is 5.82 Å². The van der Waals surface area contributed by atoms with Crippen LogP contribution in [0, 0.1) is 5.92 Å². The highest BCUT2D eigenvalue weighted by atomic mass is 35.5. The summed E-state index contributed by atoms with van der Waals surface area (Å²) >= 11 is 12.7. The van der Waals surface area contributed by atoms with Crippen LogP contribution >= 0.6 is 23.2 Å². The lowest BCUT2D eigenvalue weighted by Gasteiger charge is -2.33. The number of ketones is 1. The maximum absolute atomic E-state index is 13.9. The van der Waals surface area contributed by atoms with Crippen LogP contribution in [0.4, 0.5) is 0 Å². The summed E-state index contributed by atoms with van der Waals surface area (Å²) in [6, 6.07) is 18.9. The summed E-state index contributed by atoms with van der Waals surface area (Å²) in [5.74, 6) is 0.798. The highest BCUT2D eigenvalue weighted by Crippen LogP contribution is 2.32. The SMILES string of the molecule is C=CCn1c(C(=O)C2CCN(CCC(CN(C)C(=O)c3cc(-c4cn[nH]n4)ccc3OC)c3ccc(Cl)c(Cl)c3)CC2)nc2ccccc21. The first kappa shape index (κ1) is 34.4. The lowest BCUT2D eigenvalue weighted by Crippen LogP contribution is -2.38. The average molecular weight is 701 g/mol. The number of carbonyl (C=O) groups is 2. The Hall–Kier alpha value is -4.51. The van der Waals surface area contributed by atoms with E-state index in [0.717, 1.165) is 61.1 Å². The summed E-state index contributed by atoms with van der Waals surface area (Å²) in [5, 5.41) is 11.6. The van der Waals surface area contributed by atoms with Crippen LogP contribution < -0.4 is 4.74 Å². The Bertz CT molecular complexity index is 1950. The second-order valence-corrected chi connectivity index (χ2v) is 13.2. The Balaban J connectivity index is 1.14. The van der Waals surface area contributed by atoms with Gasteiger partial charge in [0, 0.05) is 37.5 Å². The van der Waals surface area contributed by atoms with Gasteiger partial charge >= 0.3 is 0 Å². The number of aromatic amines is 1. The van der Waals surface area contributed by atoms with E-state index >= 15 is 0 Å². The number of carbonyl (C=O) groups excluding carboxylic acids is 2. The van der Waals surface area contributed by atoms with Crippen molar-refractivity contribution in [1.29, 1.82) is 0 Å². The zero-order valence-corrected chi connectivity index (χ0v) is 29.1. The van der Waals surface area contributed by atoms with Crippen molar-refractivity contribution in [3.05, 3.63) is 107 Å². The number of benzene rings is 3. The van der Waals surface area contributed by atoms with Gasteiger partial charge in [-0.05, 0) is 86.9 Å². The van der Waals surface area contributed by atoms with Gasteiger partial charge in [0.1, 0.15) is 11.4 Å². The predicted molar refractivity (Wildman–Crippen MR) is 193 cm³/mol. The van der Waals surface area contributed by atoms with E-state index in [-0.39, 0.29) is 23.5 Å². The molecule has 2 aromatic heterocycles. The van der Waals surface area contributed by atoms with Crippen molar-refractivity contribution in [2.45, 2.75) is 31.7 Å². The number of amides is 1.